The van der Waals surface area contributed by atoms with Gasteiger partial charge in [-0.25, -0.2) is 27.9 Å². The van der Waals surface area contributed by atoms with Crippen LogP contribution in [-0.2, 0) is 10.0 Å². The highest BCUT2D eigenvalue weighted by atomic mass is 32.2. The van der Waals surface area contributed by atoms with Crippen LogP contribution in [0.25, 0.3) is 11.0 Å². The van der Waals surface area contributed by atoms with Crippen molar-refractivity contribution in [3.63, 3.8) is 0 Å². The Kier molecular flexibility index (Phi) is 8.50. The summed E-state index contributed by atoms with van der Waals surface area (Å²) in [6, 6.07) is 9.74. The van der Waals surface area contributed by atoms with Crippen molar-refractivity contribution in [1.29, 1.82) is 0 Å². The number of carboxylic acid groups (broad SMARTS) is 1. The molecule has 4 rings (SSSR count). The minimum atomic E-state index is -3.25. The monoisotopic (exact) mass is 570 g/mol. The van der Waals surface area contributed by atoms with E-state index in [1.165, 1.54) is 22.8 Å². The molecule has 40 heavy (non-hydrogen) atoms. The van der Waals surface area contributed by atoms with E-state index >= 15 is 0 Å². The summed E-state index contributed by atoms with van der Waals surface area (Å²) in [6.07, 6.45) is 5.07. The van der Waals surface area contributed by atoms with Crippen molar-refractivity contribution in [3.8, 4) is 0 Å². The van der Waals surface area contributed by atoms with E-state index in [1.807, 2.05) is 13.1 Å². The molecule has 1 amide bonds. The molecule has 0 radical (unpaired) electrons. The van der Waals surface area contributed by atoms with Crippen LogP contribution in [0.2, 0.25) is 0 Å². The number of hydrogen-bond acceptors (Lipinski definition) is 7. The second kappa shape index (κ2) is 11.5. The van der Waals surface area contributed by atoms with Gasteiger partial charge in [-0.3, -0.25) is 14.3 Å². The number of nitrogens with zero attached hydrogens (tertiary/aromatic N) is 5. The van der Waals surface area contributed by atoms with Crippen molar-refractivity contribution < 1.29 is 23.1 Å². The van der Waals surface area contributed by atoms with Gasteiger partial charge in [-0.05, 0) is 71.0 Å². The summed E-state index contributed by atoms with van der Waals surface area (Å²) >= 11 is 0. The third kappa shape index (κ3) is 6.12. The van der Waals surface area contributed by atoms with Crippen LogP contribution >= 0.6 is 0 Å². The lowest BCUT2D eigenvalue weighted by atomic mass is 9.86. The molecule has 12 heteroatoms. The van der Waals surface area contributed by atoms with Gasteiger partial charge in [-0.15, -0.1) is 0 Å². The fourth-order valence-electron chi connectivity index (χ4n) is 5.62. The number of rotatable bonds is 8. The molecule has 1 aliphatic rings. The molecule has 0 bridgehead atoms. The molecule has 0 aliphatic heterocycles. The number of anilines is 1. The number of aromatic nitrogens is 3. The number of amides is 1. The molecule has 2 heterocycles. The van der Waals surface area contributed by atoms with Crippen molar-refractivity contribution >= 4 is 38.9 Å². The molecule has 216 valence electrons. The number of carbonyl (C=O) groups is 2. The molecule has 2 N–H and O–H groups in total. The first kappa shape index (κ1) is 29.5. The lowest BCUT2D eigenvalue weighted by molar-refractivity contribution is 0.0489. The molecule has 11 nitrogen and oxygen atoms in total. The topological polar surface area (TPSA) is 138 Å². The van der Waals surface area contributed by atoms with Gasteiger partial charge in [0.2, 0.25) is 10.0 Å². The van der Waals surface area contributed by atoms with Crippen LogP contribution in [0, 0.1) is 5.92 Å². The predicted octanol–water partition coefficient (Wildman–Crippen LogP) is 4.14. The summed E-state index contributed by atoms with van der Waals surface area (Å²) in [5.41, 5.74) is 0.113. The Morgan fingerprint density at radius 1 is 1.10 bits per heavy atom. The average molecular weight is 571 g/mol. The molecule has 1 aromatic carbocycles. The van der Waals surface area contributed by atoms with Crippen LogP contribution < -0.4 is 9.62 Å². The van der Waals surface area contributed by atoms with Gasteiger partial charge in [0.05, 0.1) is 11.1 Å². The van der Waals surface area contributed by atoms with E-state index < -0.39 is 33.6 Å². The summed E-state index contributed by atoms with van der Waals surface area (Å²) in [6.45, 7) is 5.28. The average Bonchev–Trinajstić information content (AvgIpc) is 3.35. The molecule has 1 atom stereocenters. The zero-order chi connectivity index (χ0) is 29.2. The maximum absolute atomic E-state index is 14.1. The van der Waals surface area contributed by atoms with Gasteiger partial charge in [-0.1, -0.05) is 30.3 Å². The molecular weight excluding hydrogens is 532 g/mol. The Labute approximate surface area is 235 Å². The maximum Gasteiger partial charge on any atom is 0.408 e. The minimum absolute atomic E-state index is 0.112. The molecule has 2 aromatic heterocycles. The molecule has 0 saturated heterocycles. The van der Waals surface area contributed by atoms with E-state index in [9.17, 15) is 23.1 Å². The van der Waals surface area contributed by atoms with Crippen LogP contribution in [-0.4, -0.2) is 76.4 Å². The number of nitrogens with one attached hydrogen (secondary N) is 1. The smallest absolute Gasteiger partial charge is 0.408 e. The number of benzene rings is 1. The fraction of sp³-hybridized carbons (Fsp3) is 0.500. The van der Waals surface area contributed by atoms with Crippen molar-refractivity contribution in [1.82, 2.24) is 24.2 Å². The quantitative estimate of drug-likeness (QED) is 0.412. The van der Waals surface area contributed by atoms with E-state index in [1.54, 1.807) is 57.3 Å². The predicted molar refractivity (Wildman–Crippen MR) is 154 cm³/mol. The van der Waals surface area contributed by atoms with Crippen LogP contribution in [0.1, 0.15) is 62.9 Å². The lowest BCUT2D eigenvalue weighted by Gasteiger charge is -2.39. The van der Waals surface area contributed by atoms with Crippen molar-refractivity contribution in [2.45, 2.75) is 64.1 Å². The standard InChI is InChI=1S/C28H38N6O5S/c1-28(2,3)34(27(36)37)23(20-9-7-6-8-10-20)26(35)33-16-15-22-24(30-18-31-25(22)33)32(5)21-13-11-19(12-14-21)17-40(38,39)29-4/h6-10,15-16,18-19,21,23,29H,11-14,17H2,1-5H3,(H,36,37)/t19?,21?,23-/m0/s1. The van der Waals surface area contributed by atoms with Gasteiger partial charge < -0.3 is 10.0 Å². The van der Waals surface area contributed by atoms with Gasteiger partial charge >= 0.3 is 6.09 Å². The van der Waals surface area contributed by atoms with E-state index in [-0.39, 0.29) is 17.7 Å². The number of carbonyl (C=O) groups excluding carboxylic acids is 1. The van der Waals surface area contributed by atoms with E-state index in [2.05, 4.69) is 19.6 Å². The van der Waals surface area contributed by atoms with Crippen LogP contribution in [0.3, 0.4) is 0 Å². The van der Waals surface area contributed by atoms with Gasteiger partial charge in [0.25, 0.3) is 5.91 Å². The van der Waals surface area contributed by atoms with Crippen molar-refractivity contribution in [2.75, 3.05) is 24.7 Å². The first-order chi connectivity index (χ1) is 18.8. The Bertz CT molecular complexity index is 1460. The SMILES string of the molecule is CNS(=O)(=O)CC1CCC(N(C)c2ncnc3c2ccn3C(=O)[C@H](c2ccccc2)N(C(=O)O)C(C)(C)C)CC1. The van der Waals surface area contributed by atoms with Crippen molar-refractivity contribution in [2.24, 2.45) is 5.92 Å². The summed E-state index contributed by atoms with van der Waals surface area (Å²) < 4.78 is 27.8. The Balaban J connectivity index is 1.65. The number of fused-ring (bicyclic) bond motifs is 1. The second-order valence-electron chi connectivity index (χ2n) is 11.4. The summed E-state index contributed by atoms with van der Waals surface area (Å²) in [5, 5.41) is 10.8. The largest absolute Gasteiger partial charge is 0.465 e. The molecule has 3 aromatic rings. The molecule has 1 saturated carbocycles. The van der Waals surface area contributed by atoms with E-state index in [0.717, 1.165) is 25.7 Å². The first-order valence-electron chi connectivity index (χ1n) is 13.4. The fourth-order valence-corrected chi connectivity index (χ4v) is 6.74. The number of sulfonamides is 1. The second-order valence-corrected chi connectivity index (χ2v) is 13.3. The molecule has 0 unspecified atom stereocenters. The summed E-state index contributed by atoms with van der Waals surface area (Å²) in [4.78, 5) is 38.7. The maximum atomic E-state index is 14.1. The zero-order valence-electron chi connectivity index (χ0n) is 23.6. The molecule has 0 spiro atoms. The zero-order valence-corrected chi connectivity index (χ0v) is 24.4. The first-order valence-corrected chi connectivity index (χ1v) is 15.1. The third-order valence-electron chi connectivity index (χ3n) is 7.70. The molecule has 1 aliphatic carbocycles. The van der Waals surface area contributed by atoms with Crippen molar-refractivity contribution in [3.05, 3.63) is 54.5 Å². The summed E-state index contributed by atoms with van der Waals surface area (Å²) in [5.74, 6) is 0.482. The molecule has 1 fully saturated rings. The normalized spacial score (nSPS) is 18.8. The Morgan fingerprint density at radius 2 is 1.75 bits per heavy atom. The highest BCUT2D eigenvalue weighted by Gasteiger charge is 2.40. The van der Waals surface area contributed by atoms with Gasteiger partial charge in [0.1, 0.15) is 18.2 Å². The van der Waals surface area contributed by atoms with Gasteiger partial charge in [0.15, 0.2) is 5.65 Å². The highest BCUT2D eigenvalue weighted by Crippen LogP contribution is 2.34. The van der Waals surface area contributed by atoms with Gasteiger partial charge in [-0.2, -0.15) is 0 Å². The van der Waals surface area contributed by atoms with Crippen LogP contribution in [0.4, 0.5) is 10.6 Å². The van der Waals surface area contributed by atoms with Gasteiger partial charge in [0, 0.05) is 24.8 Å². The Hall–Kier alpha value is -3.51. The third-order valence-corrected chi connectivity index (χ3v) is 9.23. The Morgan fingerprint density at radius 3 is 2.33 bits per heavy atom. The molecular formula is C28H38N6O5S. The lowest BCUT2D eigenvalue weighted by Crippen LogP contribution is -2.50. The highest BCUT2D eigenvalue weighted by molar-refractivity contribution is 7.89. The number of hydrogen-bond donors (Lipinski definition) is 2. The van der Waals surface area contributed by atoms with E-state index in [0.29, 0.717) is 22.4 Å². The van der Waals surface area contributed by atoms with Crippen LogP contribution in [0.15, 0.2) is 48.9 Å². The minimum Gasteiger partial charge on any atom is -0.465 e. The van der Waals surface area contributed by atoms with Crippen LogP contribution in [0.5, 0.6) is 0 Å². The summed E-state index contributed by atoms with van der Waals surface area (Å²) in [7, 11) is 0.143. The van der Waals surface area contributed by atoms with E-state index in [4.69, 9.17) is 0 Å².